The Hall–Kier alpha value is -3.55. The molecule has 5 rings (SSSR count). The summed E-state index contributed by atoms with van der Waals surface area (Å²) in [7, 11) is 0. The van der Waals surface area contributed by atoms with Crippen LogP contribution in [0.1, 0.15) is 41.6 Å². The van der Waals surface area contributed by atoms with Gasteiger partial charge in [0.2, 0.25) is 5.95 Å². The lowest BCUT2D eigenvalue weighted by Gasteiger charge is -2.31. The van der Waals surface area contributed by atoms with Gasteiger partial charge in [0, 0.05) is 17.8 Å². The smallest absolute Gasteiger partial charge is 0.328 e. The van der Waals surface area contributed by atoms with Crippen LogP contribution >= 0.6 is 23.2 Å². The number of carboxylic acid groups (broad SMARTS) is 1. The van der Waals surface area contributed by atoms with Crippen molar-refractivity contribution in [2.45, 2.75) is 19.3 Å². The molecule has 2 heterocycles. The van der Waals surface area contributed by atoms with E-state index in [4.69, 9.17) is 28.3 Å². The molecular weight excluding hydrogens is 507 g/mol. The van der Waals surface area contributed by atoms with Crippen molar-refractivity contribution in [2.75, 3.05) is 0 Å². The lowest BCUT2D eigenvalue weighted by atomic mass is 9.74. The van der Waals surface area contributed by atoms with Gasteiger partial charge in [-0.15, -0.1) is 0 Å². The zero-order valence-electron chi connectivity index (χ0n) is 18.7. The number of carboxylic acids is 1. The number of fused-ring (bicyclic) bond motifs is 1. The molecule has 0 saturated heterocycles. The molecule has 2 aromatic carbocycles. The fraction of sp³-hybridized carbons (Fsp3) is 0.148. The number of aliphatic carboxylic acids is 1. The number of allylic oxidation sites excluding steroid dienone is 1. The molecular formula is C27H19Cl2F2N3O2. The van der Waals surface area contributed by atoms with Gasteiger partial charge in [0.05, 0.1) is 26.6 Å². The van der Waals surface area contributed by atoms with Gasteiger partial charge >= 0.3 is 5.97 Å². The third-order valence-corrected chi connectivity index (χ3v) is 6.83. The zero-order valence-corrected chi connectivity index (χ0v) is 20.2. The van der Waals surface area contributed by atoms with Crippen LogP contribution in [-0.2, 0) is 4.79 Å². The minimum Gasteiger partial charge on any atom is -0.478 e. The van der Waals surface area contributed by atoms with Crippen molar-refractivity contribution in [3.8, 4) is 0 Å². The van der Waals surface area contributed by atoms with E-state index < -0.39 is 17.7 Å². The summed E-state index contributed by atoms with van der Waals surface area (Å²) >= 11 is 12.7. The van der Waals surface area contributed by atoms with Gasteiger partial charge in [-0.2, -0.15) is 9.49 Å². The predicted molar refractivity (Wildman–Crippen MR) is 137 cm³/mol. The van der Waals surface area contributed by atoms with E-state index in [0.29, 0.717) is 43.3 Å². The summed E-state index contributed by atoms with van der Waals surface area (Å²) in [6.45, 7) is 0. The summed E-state index contributed by atoms with van der Waals surface area (Å²) in [5.74, 6) is -2.24. The van der Waals surface area contributed by atoms with Gasteiger partial charge in [0.25, 0.3) is 0 Å². The second-order valence-corrected chi connectivity index (χ2v) is 9.42. The summed E-state index contributed by atoms with van der Waals surface area (Å²) in [6, 6.07) is 11.3. The molecule has 1 fully saturated rings. The van der Waals surface area contributed by atoms with Gasteiger partial charge in [-0.1, -0.05) is 47.8 Å². The number of nitrogens with one attached hydrogen (secondary N) is 1. The summed E-state index contributed by atoms with van der Waals surface area (Å²) < 4.78 is 29.6. The van der Waals surface area contributed by atoms with Crippen molar-refractivity contribution in [3.63, 3.8) is 0 Å². The quantitative estimate of drug-likeness (QED) is 0.257. The van der Waals surface area contributed by atoms with Crippen LogP contribution in [-0.4, -0.2) is 26.3 Å². The Balaban J connectivity index is 1.80. The number of pyridine rings is 1. The number of carbonyl (C=O) groups is 1. The fourth-order valence-electron chi connectivity index (χ4n) is 4.42. The van der Waals surface area contributed by atoms with E-state index in [1.165, 1.54) is 24.4 Å². The monoisotopic (exact) mass is 525 g/mol. The maximum absolute atomic E-state index is 15.1. The SMILES string of the molecule is O=C(O)/C=C/c1ccc(/C(=C(\c2ncc(Cl)cc2Cl)C2CCC2)c2ccc3n[nH]c(F)c3c2)cc1F. The van der Waals surface area contributed by atoms with Gasteiger partial charge in [-0.3, -0.25) is 10.1 Å². The second-order valence-electron chi connectivity index (χ2n) is 8.58. The average Bonchev–Trinajstić information content (AvgIpc) is 3.17. The van der Waals surface area contributed by atoms with Gasteiger partial charge in [0.15, 0.2) is 0 Å². The van der Waals surface area contributed by atoms with E-state index >= 15 is 4.39 Å². The first kappa shape index (κ1) is 24.2. The van der Waals surface area contributed by atoms with Crippen LogP contribution in [0.15, 0.2) is 54.7 Å². The van der Waals surface area contributed by atoms with Gasteiger partial charge in [-0.05, 0) is 71.4 Å². The molecule has 0 amide bonds. The van der Waals surface area contributed by atoms with Crippen LogP contribution < -0.4 is 0 Å². The van der Waals surface area contributed by atoms with Crippen LogP contribution in [0.2, 0.25) is 10.0 Å². The molecule has 0 unspecified atom stereocenters. The Morgan fingerprint density at radius 1 is 1.08 bits per heavy atom. The van der Waals surface area contributed by atoms with E-state index in [1.807, 2.05) is 0 Å². The molecule has 36 heavy (non-hydrogen) atoms. The Morgan fingerprint density at radius 3 is 2.50 bits per heavy atom. The number of hydrogen-bond acceptors (Lipinski definition) is 3. The highest BCUT2D eigenvalue weighted by atomic mass is 35.5. The molecule has 0 atom stereocenters. The molecule has 2 aromatic heterocycles. The lowest BCUT2D eigenvalue weighted by molar-refractivity contribution is -0.131. The van der Waals surface area contributed by atoms with Crippen LogP contribution in [0, 0.1) is 17.7 Å². The Morgan fingerprint density at radius 2 is 1.83 bits per heavy atom. The highest BCUT2D eigenvalue weighted by Crippen LogP contribution is 2.46. The average molecular weight is 526 g/mol. The molecule has 0 radical (unpaired) electrons. The van der Waals surface area contributed by atoms with Gasteiger partial charge in [-0.25, -0.2) is 9.18 Å². The molecule has 4 aromatic rings. The number of aromatic nitrogens is 3. The van der Waals surface area contributed by atoms with E-state index in [2.05, 4.69) is 15.2 Å². The molecule has 0 aliphatic heterocycles. The van der Waals surface area contributed by atoms with Crippen LogP contribution in [0.3, 0.4) is 0 Å². The number of halogens is 4. The fourth-order valence-corrected chi connectivity index (χ4v) is 4.90. The Bertz CT molecular complexity index is 1560. The minimum absolute atomic E-state index is 0.103. The largest absolute Gasteiger partial charge is 0.478 e. The van der Waals surface area contributed by atoms with E-state index in [1.54, 1.807) is 30.3 Å². The van der Waals surface area contributed by atoms with Crippen molar-refractivity contribution < 1.29 is 18.7 Å². The molecule has 2 N–H and O–H groups in total. The van der Waals surface area contributed by atoms with E-state index in [0.717, 1.165) is 30.9 Å². The van der Waals surface area contributed by atoms with Crippen LogP contribution in [0.5, 0.6) is 0 Å². The first-order valence-corrected chi connectivity index (χ1v) is 12.0. The van der Waals surface area contributed by atoms with Crippen molar-refractivity contribution in [2.24, 2.45) is 5.92 Å². The number of hydrogen-bond donors (Lipinski definition) is 2. The standard InChI is InChI=1S/C27H19Cl2F2N3O2/c28-18-12-20(29)26(32-13-18)25(15-2-1-3-15)24(16-6-8-22-19(10-16)27(31)34-33-22)17-5-4-14(21(30)11-17)7-9-23(35)36/h4-13,15H,1-3H2,(H,33,34)(H,35,36)/b9-7+,25-24-. The second kappa shape index (κ2) is 9.84. The first-order valence-electron chi connectivity index (χ1n) is 11.2. The van der Waals surface area contributed by atoms with Crippen LogP contribution in [0.25, 0.3) is 28.1 Å². The molecule has 1 aliphatic carbocycles. The highest BCUT2D eigenvalue weighted by Gasteiger charge is 2.30. The van der Waals surface area contributed by atoms with Crippen molar-refractivity contribution in [3.05, 3.63) is 98.9 Å². The predicted octanol–water partition coefficient (Wildman–Crippen LogP) is 7.40. The van der Waals surface area contributed by atoms with Crippen molar-refractivity contribution >= 4 is 57.3 Å². The Labute approximate surface area is 215 Å². The molecule has 1 saturated carbocycles. The molecule has 0 spiro atoms. The summed E-state index contributed by atoms with van der Waals surface area (Å²) in [5, 5.41) is 16.3. The maximum Gasteiger partial charge on any atom is 0.328 e. The number of aromatic amines is 1. The summed E-state index contributed by atoms with van der Waals surface area (Å²) in [4.78, 5) is 15.4. The zero-order chi connectivity index (χ0) is 25.4. The molecule has 0 bridgehead atoms. The number of nitrogens with zero attached hydrogens (tertiary/aromatic N) is 2. The lowest BCUT2D eigenvalue weighted by Crippen LogP contribution is -2.16. The van der Waals surface area contributed by atoms with Crippen LogP contribution in [0.4, 0.5) is 8.78 Å². The summed E-state index contributed by atoms with van der Waals surface area (Å²) in [6.07, 6.45) is 6.39. The topological polar surface area (TPSA) is 78.9 Å². The Kier molecular flexibility index (Phi) is 6.60. The summed E-state index contributed by atoms with van der Waals surface area (Å²) in [5.41, 5.74) is 3.77. The highest BCUT2D eigenvalue weighted by molar-refractivity contribution is 6.35. The normalized spacial score (nSPS) is 14.8. The van der Waals surface area contributed by atoms with E-state index in [-0.39, 0.29) is 11.5 Å². The number of benzene rings is 2. The molecule has 1 aliphatic rings. The van der Waals surface area contributed by atoms with E-state index in [9.17, 15) is 9.18 Å². The van der Waals surface area contributed by atoms with Gasteiger partial charge in [0.1, 0.15) is 5.82 Å². The first-order chi connectivity index (χ1) is 17.3. The third kappa shape index (κ3) is 4.64. The number of rotatable bonds is 6. The van der Waals surface area contributed by atoms with Crippen molar-refractivity contribution in [1.29, 1.82) is 0 Å². The number of H-pyrrole nitrogens is 1. The van der Waals surface area contributed by atoms with Gasteiger partial charge < -0.3 is 5.11 Å². The molecule has 9 heteroatoms. The third-order valence-electron chi connectivity index (χ3n) is 6.34. The maximum atomic E-state index is 15.1. The van der Waals surface area contributed by atoms with Crippen molar-refractivity contribution in [1.82, 2.24) is 15.2 Å². The molecule has 5 nitrogen and oxygen atoms in total. The minimum atomic E-state index is -1.18. The molecule has 182 valence electrons.